The van der Waals surface area contributed by atoms with E-state index in [0.717, 1.165) is 73.5 Å². The summed E-state index contributed by atoms with van der Waals surface area (Å²) < 4.78 is 44.0. The van der Waals surface area contributed by atoms with Crippen molar-refractivity contribution in [2.45, 2.75) is 51.6 Å². The molecule has 3 heterocycles. The third-order valence-electron chi connectivity index (χ3n) is 6.14. The predicted octanol–water partition coefficient (Wildman–Crippen LogP) is 6.35. The van der Waals surface area contributed by atoms with Crippen LogP contribution in [0, 0.1) is 12.8 Å². The average molecular weight is 464 g/mol. The van der Waals surface area contributed by atoms with E-state index in [-0.39, 0.29) is 4.88 Å². The van der Waals surface area contributed by atoms with Crippen molar-refractivity contribution >= 4 is 27.4 Å². The van der Waals surface area contributed by atoms with Gasteiger partial charge in [0.05, 0.1) is 18.9 Å². The normalized spacial score (nSPS) is 17.5. The SMILES string of the molecule is COc1ccc(C)cc1CCC1CCCN(c2ncnc3sc(CC(F)(F)F)cc23)CC1. The Bertz CT molecular complexity index is 1070. The molecule has 1 fully saturated rings. The van der Waals surface area contributed by atoms with Gasteiger partial charge in [-0.15, -0.1) is 11.3 Å². The second kappa shape index (κ2) is 9.65. The number of methoxy groups -OCH3 is 1. The van der Waals surface area contributed by atoms with Crippen molar-refractivity contribution in [3.63, 3.8) is 0 Å². The molecule has 1 aliphatic heterocycles. The minimum Gasteiger partial charge on any atom is -0.496 e. The van der Waals surface area contributed by atoms with Gasteiger partial charge in [0.1, 0.15) is 22.7 Å². The van der Waals surface area contributed by atoms with Crippen LogP contribution in [-0.2, 0) is 12.8 Å². The molecule has 1 aromatic carbocycles. The first-order valence-electron chi connectivity index (χ1n) is 11.0. The number of ether oxygens (including phenoxy) is 1. The molecule has 1 atom stereocenters. The van der Waals surface area contributed by atoms with Gasteiger partial charge in [-0.1, -0.05) is 17.7 Å². The number of nitrogens with zero attached hydrogens (tertiary/aromatic N) is 3. The Balaban J connectivity index is 1.43. The molecule has 1 aliphatic rings. The van der Waals surface area contributed by atoms with Crippen molar-refractivity contribution in [1.29, 1.82) is 0 Å². The summed E-state index contributed by atoms with van der Waals surface area (Å²) in [5.74, 6) is 2.31. The van der Waals surface area contributed by atoms with E-state index < -0.39 is 12.6 Å². The molecule has 4 nitrogen and oxygen atoms in total. The van der Waals surface area contributed by atoms with Crippen LogP contribution in [-0.4, -0.2) is 36.3 Å². The van der Waals surface area contributed by atoms with Crippen molar-refractivity contribution in [2.75, 3.05) is 25.1 Å². The van der Waals surface area contributed by atoms with Gasteiger partial charge in [0.15, 0.2) is 0 Å². The van der Waals surface area contributed by atoms with Crippen LogP contribution in [0.4, 0.5) is 19.0 Å². The summed E-state index contributed by atoms with van der Waals surface area (Å²) in [5, 5.41) is 0.736. The molecule has 0 N–H and O–H groups in total. The smallest absolute Gasteiger partial charge is 0.393 e. The van der Waals surface area contributed by atoms with Crippen LogP contribution in [0.3, 0.4) is 0 Å². The molecule has 32 heavy (non-hydrogen) atoms. The van der Waals surface area contributed by atoms with Gasteiger partial charge in [0.2, 0.25) is 0 Å². The molecule has 0 saturated carbocycles. The van der Waals surface area contributed by atoms with Crippen LogP contribution in [0.15, 0.2) is 30.6 Å². The highest BCUT2D eigenvalue weighted by Crippen LogP contribution is 2.35. The first-order valence-corrected chi connectivity index (χ1v) is 11.8. The lowest BCUT2D eigenvalue weighted by Crippen LogP contribution is -2.25. The minimum absolute atomic E-state index is 0.286. The number of benzene rings is 1. The molecule has 1 saturated heterocycles. The number of hydrogen-bond donors (Lipinski definition) is 0. The fourth-order valence-electron chi connectivity index (χ4n) is 4.56. The summed E-state index contributed by atoms with van der Waals surface area (Å²) in [6.07, 6.45) is 1.64. The van der Waals surface area contributed by atoms with Crippen molar-refractivity contribution in [1.82, 2.24) is 9.97 Å². The molecule has 0 aliphatic carbocycles. The maximum Gasteiger partial charge on any atom is 0.393 e. The number of anilines is 1. The Morgan fingerprint density at radius 1 is 1.16 bits per heavy atom. The van der Waals surface area contributed by atoms with Gasteiger partial charge in [0, 0.05) is 18.0 Å². The average Bonchev–Trinajstić information content (AvgIpc) is 2.99. The Labute approximate surface area is 190 Å². The molecular formula is C24H28F3N3OS. The second-order valence-corrected chi connectivity index (χ2v) is 9.67. The highest BCUT2D eigenvalue weighted by atomic mass is 32.1. The van der Waals surface area contributed by atoms with E-state index in [1.54, 1.807) is 13.2 Å². The van der Waals surface area contributed by atoms with E-state index in [9.17, 15) is 13.2 Å². The molecule has 0 bridgehead atoms. The van der Waals surface area contributed by atoms with Gasteiger partial charge in [-0.3, -0.25) is 0 Å². The highest BCUT2D eigenvalue weighted by molar-refractivity contribution is 7.18. The van der Waals surface area contributed by atoms with Crippen molar-refractivity contribution < 1.29 is 17.9 Å². The fraction of sp³-hybridized carbons (Fsp3) is 0.500. The van der Waals surface area contributed by atoms with Crippen molar-refractivity contribution in [3.05, 3.63) is 46.6 Å². The minimum atomic E-state index is -4.22. The topological polar surface area (TPSA) is 38.2 Å². The summed E-state index contributed by atoms with van der Waals surface area (Å²) in [4.78, 5) is 11.8. The van der Waals surface area contributed by atoms with Gasteiger partial charge in [-0.05, 0) is 62.6 Å². The third-order valence-corrected chi connectivity index (χ3v) is 7.18. The zero-order chi connectivity index (χ0) is 22.7. The second-order valence-electron chi connectivity index (χ2n) is 8.56. The van der Waals surface area contributed by atoms with E-state index in [1.165, 1.54) is 17.5 Å². The molecular weight excluding hydrogens is 435 g/mol. The van der Waals surface area contributed by atoms with Gasteiger partial charge in [-0.25, -0.2) is 9.97 Å². The number of halogens is 3. The Kier molecular flexibility index (Phi) is 6.88. The van der Waals surface area contributed by atoms with Crippen molar-refractivity contribution in [2.24, 2.45) is 5.92 Å². The van der Waals surface area contributed by atoms with Crippen LogP contribution in [0.2, 0.25) is 0 Å². The maximum atomic E-state index is 12.8. The van der Waals surface area contributed by atoms with Gasteiger partial charge in [-0.2, -0.15) is 13.2 Å². The van der Waals surface area contributed by atoms with Crippen LogP contribution in [0.5, 0.6) is 5.75 Å². The number of alkyl halides is 3. The Morgan fingerprint density at radius 2 is 2.00 bits per heavy atom. The maximum absolute atomic E-state index is 12.8. The Hall–Kier alpha value is -2.35. The molecule has 0 spiro atoms. The number of rotatable bonds is 6. The van der Waals surface area contributed by atoms with E-state index >= 15 is 0 Å². The zero-order valence-electron chi connectivity index (χ0n) is 18.4. The lowest BCUT2D eigenvalue weighted by molar-refractivity contribution is -0.126. The number of fused-ring (bicyclic) bond motifs is 1. The first-order chi connectivity index (χ1) is 15.3. The van der Waals surface area contributed by atoms with Gasteiger partial charge < -0.3 is 9.64 Å². The molecule has 8 heteroatoms. The lowest BCUT2D eigenvalue weighted by Gasteiger charge is -2.22. The number of hydrogen-bond acceptors (Lipinski definition) is 5. The summed E-state index contributed by atoms with van der Waals surface area (Å²) >= 11 is 1.11. The monoisotopic (exact) mass is 463 g/mol. The lowest BCUT2D eigenvalue weighted by atomic mass is 9.92. The van der Waals surface area contributed by atoms with E-state index in [2.05, 4.69) is 33.9 Å². The van der Waals surface area contributed by atoms with Crippen molar-refractivity contribution in [3.8, 4) is 5.75 Å². The first kappa shape index (κ1) is 22.8. The van der Waals surface area contributed by atoms with Gasteiger partial charge >= 0.3 is 6.18 Å². The molecule has 3 aromatic rings. The fourth-order valence-corrected chi connectivity index (χ4v) is 5.58. The van der Waals surface area contributed by atoms with E-state index in [0.29, 0.717) is 10.7 Å². The van der Waals surface area contributed by atoms with E-state index in [4.69, 9.17) is 4.74 Å². The van der Waals surface area contributed by atoms with Gasteiger partial charge in [0.25, 0.3) is 0 Å². The predicted molar refractivity (Wildman–Crippen MR) is 123 cm³/mol. The highest BCUT2D eigenvalue weighted by Gasteiger charge is 2.29. The summed E-state index contributed by atoms with van der Waals surface area (Å²) in [6, 6.07) is 7.93. The molecule has 0 radical (unpaired) electrons. The Morgan fingerprint density at radius 3 is 2.78 bits per heavy atom. The van der Waals surface area contributed by atoms with Crippen LogP contribution < -0.4 is 9.64 Å². The standard InChI is InChI=1S/C24H28F3N3OS/c1-16-5-8-21(31-2)18(12-16)7-6-17-4-3-10-30(11-9-17)22-20-13-19(14-24(25,26)27)32-23(20)29-15-28-22/h5,8,12-13,15,17H,3-4,6-7,9-11,14H2,1-2H3. The summed E-state index contributed by atoms with van der Waals surface area (Å²) in [5.41, 5.74) is 2.49. The molecule has 0 amide bonds. The number of aryl methyl sites for hydroxylation is 2. The van der Waals surface area contributed by atoms with Crippen LogP contribution in [0.1, 0.15) is 41.7 Å². The zero-order valence-corrected chi connectivity index (χ0v) is 19.2. The molecule has 172 valence electrons. The number of thiophene rings is 1. The van der Waals surface area contributed by atoms with Crippen LogP contribution in [0.25, 0.3) is 10.2 Å². The van der Waals surface area contributed by atoms with Crippen LogP contribution >= 0.6 is 11.3 Å². The summed E-state index contributed by atoms with van der Waals surface area (Å²) in [7, 11) is 1.71. The third kappa shape index (κ3) is 5.52. The molecule has 1 unspecified atom stereocenters. The molecule has 2 aromatic heterocycles. The quantitative estimate of drug-likeness (QED) is 0.427. The van der Waals surface area contributed by atoms with E-state index in [1.807, 2.05) is 6.07 Å². The molecule has 4 rings (SSSR count). The summed E-state index contributed by atoms with van der Waals surface area (Å²) in [6.45, 7) is 3.81. The number of aromatic nitrogens is 2. The largest absolute Gasteiger partial charge is 0.496 e.